The van der Waals surface area contributed by atoms with Crippen LogP contribution in [0.5, 0.6) is 5.75 Å². The van der Waals surface area contributed by atoms with Crippen LogP contribution in [0.3, 0.4) is 0 Å². The Bertz CT molecular complexity index is 409. The first-order valence-corrected chi connectivity index (χ1v) is 6.19. The lowest BCUT2D eigenvalue weighted by Gasteiger charge is -2.14. The zero-order valence-corrected chi connectivity index (χ0v) is 10.6. The number of nitrogens with zero attached hydrogens (tertiary/aromatic N) is 1. The van der Waals surface area contributed by atoms with E-state index in [-0.39, 0.29) is 6.03 Å². The second-order valence-electron chi connectivity index (χ2n) is 4.25. The van der Waals surface area contributed by atoms with Crippen molar-refractivity contribution in [3.8, 4) is 5.75 Å². The molecule has 2 N–H and O–H groups in total. The maximum Gasteiger partial charge on any atom is 0.317 e. The van der Waals surface area contributed by atoms with Crippen LogP contribution in [0.2, 0.25) is 0 Å². The predicted octanol–water partition coefficient (Wildman–Crippen LogP) is 0.810. The molecule has 1 aromatic carbocycles. The van der Waals surface area contributed by atoms with Gasteiger partial charge in [0.2, 0.25) is 0 Å². The number of nitrogens with one attached hydrogen (secondary N) is 2. The molecule has 2 rings (SSSR count). The van der Waals surface area contributed by atoms with Gasteiger partial charge in [-0.3, -0.25) is 0 Å². The van der Waals surface area contributed by atoms with Crippen LogP contribution in [0, 0.1) is 0 Å². The molecule has 5 heteroatoms. The van der Waals surface area contributed by atoms with Gasteiger partial charge in [0, 0.05) is 19.6 Å². The fraction of sp³-hybridized carbons (Fsp3) is 0.462. The average Bonchev–Trinajstić information content (AvgIpc) is 2.76. The van der Waals surface area contributed by atoms with Gasteiger partial charge < -0.3 is 20.3 Å². The number of ether oxygens (including phenoxy) is 1. The third-order valence-corrected chi connectivity index (χ3v) is 2.85. The summed E-state index contributed by atoms with van der Waals surface area (Å²) in [6.07, 6.45) is 0. The summed E-state index contributed by atoms with van der Waals surface area (Å²) < 4.78 is 5.65. The van der Waals surface area contributed by atoms with E-state index >= 15 is 0 Å². The summed E-state index contributed by atoms with van der Waals surface area (Å²) in [6, 6.07) is 7.98. The lowest BCUT2D eigenvalue weighted by Crippen LogP contribution is -2.31. The molecular formula is C13H19N3O2. The highest BCUT2D eigenvalue weighted by molar-refractivity contribution is 5.76. The highest BCUT2D eigenvalue weighted by atomic mass is 16.5. The van der Waals surface area contributed by atoms with Gasteiger partial charge in [0.1, 0.15) is 12.4 Å². The lowest BCUT2D eigenvalue weighted by atomic mass is 10.2. The fourth-order valence-electron chi connectivity index (χ4n) is 1.95. The summed E-state index contributed by atoms with van der Waals surface area (Å²) in [4.78, 5) is 13.1. The predicted molar refractivity (Wildman–Crippen MR) is 69.7 cm³/mol. The maximum absolute atomic E-state index is 11.3. The molecule has 0 radical (unpaired) electrons. The Morgan fingerprint density at radius 2 is 2.39 bits per heavy atom. The Hall–Kier alpha value is -1.75. The van der Waals surface area contributed by atoms with Crippen molar-refractivity contribution in [2.75, 3.05) is 33.3 Å². The molecule has 18 heavy (non-hydrogen) atoms. The third kappa shape index (κ3) is 3.37. The van der Waals surface area contributed by atoms with Crippen LogP contribution in [-0.4, -0.2) is 44.2 Å². The van der Waals surface area contributed by atoms with Gasteiger partial charge in [0.15, 0.2) is 0 Å². The Morgan fingerprint density at radius 1 is 1.50 bits per heavy atom. The molecule has 0 atom stereocenters. The number of amides is 2. The second-order valence-corrected chi connectivity index (χ2v) is 4.25. The zero-order chi connectivity index (χ0) is 12.8. The molecule has 1 aromatic rings. The number of rotatable bonds is 6. The SMILES string of the molecule is CNCc1cccc(OCCN2CCNC2=O)c1. The number of benzene rings is 1. The van der Waals surface area contributed by atoms with Crippen LogP contribution in [-0.2, 0) is 6.54 Å². The minimum atomic E-state index is 0.00235. The van der Waals surface area contributed by atoms with E-state index in [0.29, 0.717) is 13.2 Å². The largest absolute Gasteiger partial charge is 0.492 e. The summed E-state index contributed by atoms with van der Waals surface area (Å²) in [7, 11) is 1.92. The van der Waals surface area contributed by atoms with Crippen LogP contribution in [0.15, 0.2) is 24.3 Å². The Kier molecular flexibility index (Phi) is 4.41. The topological polar surface area (TPSA) is 53.6 Å². The minimum Gasteiger partial charge on any atom is -0.492 e. The number of carbonyl (C=O) groups is 1. The summed E-state index contributed by atoms with van der Waals surface area (Å²) in [6.45, 7) is 3.47. The van der Waals surface area contributed by atoms with Gasteiger partial charge in [-0.1, -0.05) is 12.1 Å². The van der Waals surface area contributed by atoms with E-state index in [9.17, 15) is 4.79 Å². The molecule has 1 saturated heterocycles. The molecule has 5 nitrogen and oxygen atoms in total. The van der Waals surface area contributed by atoms with Gasteiger partial charge >= 0.3 is 6.03 Å². The van der Waals surface area contributed by atoms with Crippen molar-refractivity contribution in [3.05, 3.63) is 29.8 Å². The number of urea groups is 1. The number of hydrogen-bond donors (Lipinski definition) is 2. The van der Waals surface area contributed by atoms with Crippen molar-refractivity contribution in [2.24, 2.45) is 0 Å². The fourth-order valence-corrected chi connectivity index (χ4v) is 1.95. The quantitative estimate of drug-likeness (QED) is 0.784. The van der Waals surface area contributed by atoms with E-state index in [0.717, 1.165) is 25.4 Å². The van der Waals surface area contributed by atoms with Gasteiger partial charge in [0.05, 0.1) is 6.54 Å². The molecule has 1 heterocycles. The van der Waals surface area contributed by atoms with E-state index in [1.54, 1.807) is 4.90 Å². The van der Waals surface area contributed by atoms with Crippen LogP contribution in [0.1, 0.15) is 5.56 Å². The molecule has 0 aliphatic carbocycles. The van der Waals surface area contributed by atoms with Gasteiger partial charge in [-0.25, -0.2) is 4.79 Å². The van der Waals surface area contributed by atoms with E-state index in [1.165, 1.54) is 5.56 Å². The van der Waals surface area contributed by atoms with Gasteiger partial charge in [-0.2, -0.15) is 0 Å². The van der Waals surface area contributed by atoms with Crippen molar-refractivity contribution >= 4 is 6.03 Å². The molecule has 0 bridgehead atoms. The third-order valence-electron chi connectivity index (χ3n) is 2.85. The van der Waals surface area contributed by atoms with Gasteiger partial charge in [0.25, 0.3) is 0 Å². The maximum atomic E-state index is 11.3. The monoisotopic (exact) mass is 249 g/mol. The van der Waals surface area contributed by atoms with E-state index < -0.39 is 0 Å². The van der Waals surface area contributed by atoms with Crippen LogP contribution in [0.4, 0.5) is 4.79 Å². The summed E-state index contributed by atoms with van der Waals surface area (Å²) in [5.74, 6) is 0.849. The summed E-state index contributed by atoms with van der Waals surface area (Å²) in [5.41, 5.74) is 1.19. The first kappa shape index (κ1) is 12.7. The molecule has 1 aliphatic rings. The van der Waals surface area contributed by atoms with Crippen LogP contribution in [0.25, 0.3) is 0 Å². The lowest BCUT2D eigenvalue weighted by molar-refractivity contribution is 0.202. The van der Waals surface area contributed by atoms with Crippen LogP contribution < -0.4 is 15.4 Å². The normalized spacial score (nSPS) is 14.7. The van der Waals surface area contributed by atoms with Crippen molar-refractivity contribution in [2.45, 2.75) is 6.54 Å². The molecule has 0 unspecified atom stereocenters. The Morgan fingerprint density at radius 3 is 3.11 bits per heavy atom. The highest BCUT2D eigenvalue weighted by Crippen LogP contribution is 2.13. The molecular weight excluding hydrogens is 230 g/mol. The minimum absolute atomic E-state index is 0.00235. The summed E-state index contributed by atoms with van der Waals surface area (Å²) >= 11 is 0. The van der Waals surface area contributed by atoms with E-state index in [2.05, 4.69) is 16.7 Å². The van der Waals surface area contributed by atoms with Gasteiger partial charge in [-0.15, -0.1) is 0 Å². The molecule has 0 aromatic heterocycles. The second kappa shape index (κ2) is 6.26. The van der Waals surface area contributed by atoms with Gasteiger partial charge in [-0.05, 0) is 24.7 Å². The molecule has 2 amide bonds. The van der Waals surface area contributed by atoms with Crippen LogP contribution >= 0.6 is 0 Å². The number of carbonyl (C=O) groups excluding carboxylic acids is 1. The number of hydrogen-bond acceptors (Lipinski definition) is 3. The van der Waals surface area contributed by atoms with E-state index in [1.807, 2.05) is 25.2 Å². The van der Waals surface area contributed by atoms with Crippen molar-refractivity contribution in [3.63, 3.8) is 0 Å². The van der Waals surface area contributed by atoms with Crippen molar-refractivity contribution in [1.29, 1.82) is 0 Å². The average molecular weight is 249 g/mol. The highest BCUT2D eigenvalue weighted by Gasteiger charge is 2.18. The first-order valence-electron chi connectivity index (χ1n) is 6.19. The first-order chi connectivity index (χ1) is 8.79. The smallest absolute Gasteiger partial charge is 0.317 e. The zero-order valence-electron chi connectivity index (χ0n) is 10.6. The molecule has 1 aliphatic heterocycles. The molecule has 0 spiro atoms. The molecule has 0 saturated carbocycles. The Balaban J connectivity index is 1.79. The molecule has 98 valence electrons. The molecule has 1 fully saturated rings. The van der Waals surface area contributed by atoms with E-state index in [4.69, 9.17) is 4.74 Å². The standard InChI is InChI=1S/C13H19N3O2/c1-14-10-11-3-2-4-12(9-11)18-8-7-16-6-5-15-13(16)17/h2-4,9,14H,5-8,10H2,1H3,(H,15,17). The van der Waals surface area contributed by atoms with Crippen molar-refractivity contribution < 1.29 is 9.53 Å². The van der Waals surface area contributed by atoms with Crippen molar-refractivity contribution in [1.82, 2.24) is 15.5 Å². The summed E-state index contributed by atoms with van der Waals surface area (Å²) in [5, 5.41) is 5.87. The Labute approximate surface area is 107 Å².